The Morgan fingerprint density at radius 3 is 2.91 bits per heavy atom. The average Bonchev–Trinajstić information content (AvgIpc) is 3.05. The first-order valence-electron chi connectivity index (χ1n) is 6.41. The minimum Gasteiger partial charge on any atom is -0.368 e. The highest BCUT2D eigenvalue weighted by atomic mass is 32.1. The molecule has 0 aliphatic rings. The van der Waals surface area contributed by atoms with Crippen molar-refractivity contribution in [1.29, 1.82) is 0 Å². The molecule has 0 saturated carbocycles. The first kappa shape index (κ1) is 14.2. The molecule has 3 rings (SSSR count). The van der Waals surface area contributed by atoms with Gasteiger partial charge < -0.3 is 16.0 Å². The number of anilines is 2. The van der Waals surface area contributed by atoms with E-state index in [9.17, 15) is 4.79 Å². The molecule has 22 heavy (non-hydrogen) atoms. The Morgan fingerprint density at radius 2 is 2.18 bits per heavy atom. The summed E-state index contributed by atoms with van der Waals surface area (Å²) in [6.07, 6.45) is 3.52. The molecule has 0 aliphatic heterocycles. The number of imidazole rings is 1. The Labute approximate surface area is 129 Å². The van der Waals surface area contributed by atoms with Crippen molar-refractivity contribution in [2.24, 2.45) is 0 Å². The van der Waals surface area contributed by atoms with Gasteiger partial charge in [-0.15, -0.1) is 11.3 Å². The van der Waals surface area contributed by atoms with Crippen LogP contribution in [0.15, 0.2) is 17.8 Å². The molecule has 0 aliphatic carbocycles. The number of rotatable bonds is 4. The first-order valence-corrected chi connectivity index (χ1v) is 7.29. The Hall–Kier alpha value is -2.75. The summed E-state index contributed by atoms with van der Waals surface area (Å²) in [6, 6.07) is 0. The van der Waals surface area contributed by atoms with E-state index in [1.807, 2.05) is 11.6 Å². The summed E-state index contributed by atoms with van der Waals surface area (Å²) in [6.45, 7) is 0.150. The summed E-state index contributed by atoms with van der Waals surface area (Å²) in [5, 5.41) is 4.63. The molecule has 3 aromatic rings. The molecule has 10 heteroatoms. The van der Waals surface area contributed by atoms with Gasteiger partial charge in [-0.25, -0.2) is 4.98 Å². The monoisotopic (exact) mass is 318 g/mol. The summed E-state index contributed by atoms with van der Waals surface area (Å²) >= 11 is 1.46. The van der Waals surface area contributed by atoms with Crippen LogP contribution in [0.5, 0.6) is 0 Å². The predicted molar refractivity (Wildman–Crippen MR) is 82.8 cm³/mol. The van der Waals surface area contributed by atoms with Crippen LogP contribution in [0, 0.1) is 0 Å². The molecule has 0 fully saturated rings. The molecule has 0 radical (unpaired) electrons. The van der Waals surface area contributed by atoms with Crippen LogP contribution in [-0.2, 0) is 6.54 Å². The maximum Gasteiger partial charge on any atom is 0.271 e. The third-order valence-corrected chi connectivity index (χ3v) is 3.59. The zero-order valence-corrected chi connectivity index (χ0v) is 12.8. The quantitative estimate of drug-likeness (QED) is 0.704. The summed E-state index contributed by atoms with van der Waals surface area (Å²) in [5.74, 6) is 0.663. The number of thiazole rings is 1. The van der Waals surface area contributed by atoms with Crippen LogP contribution in [-0.4, -0.2) is 44.3 Å². The molecule has 114 valence electrons. The van der Waals surface area contributed by atoms with Crippen molar-refractivity contribution in [1.82, 2.24) is 29.7 Å². The van der Waals surface area contributed by atoms with E-state index in [0.29, 0.717) is 17.5 Å². The normalized spacial score (nSPS) is 10.8. The van der Waals surface area contributed by atoms with Crippen LogP contribution < -0.4 is 16.0 Å². The van der Waals surface area contributed by atoms with Crippen molar-refractivity contribution in [2.75, 3.05) is 24.7 Å². The molecule has 1 amide bonds. The van der Waals surface area contributed by atoms with Gasteiger partial charge in [0.15, 0.2) is 10.8 Å². The lowest BCUT2D eigenvalue weighted by atomic mass is 10.4. The zero-order valence-electron chi connectivity index (χ0n) is 12.0. The lowest BCUT2D eigenvalue weighted by molar-refractivity contribution is 0.0945. The molecule has 0 unspecified atom stereocenters. The molecule has 0 atom stereocenters. The zero-order chi connectivity index (χ0) is 15.7. The fraction of sp³-hybridized carbons (Fsp3) is 0.250. The van der Waals surface area contributed by atoms with Crippen molar-refractivity contribution in [3.63, 3.8) is 0 Å². The molecule has 0 saturated heterocycles. The number of fused-ring (bicyclic) bond motifs is 1. The highest BCUT2D eigenvalue weighted by Gasteiger charge is 2.12. The standard InChI is InChI=1S/C12H14N8OS/c1-19(2)11-17-8(16-10(13)18-11)5-14-9(21)7-6-20-3-4-22-12(20)15-7/h3-4,6H,5H2,1-2H3,(H,14,21)(H2,13,16,17,18). The van der Waals surface area contributed by atoms with E-state index in [2.05, 4.69) is 25.3 Å². The van der Waals surface area contributed by atoms with Crippen molar-refractivity contribution in [2.45, 2.75) is 6.54 Å². The summed E-state index contributed by atoms with van der Waals surface area (Å²) in [7, 11) is 3.60. The number of aromatic nitrogens is 5. The second-order valence-electron chi connectivity index (χ2n) is 4.71. The number of nitrogen functional groups attached to an aromatic ring is 1. The number of carbonyl (C=O) groups excluding carboxylic acids is 1. The minimum atomic E-state index is -0.290. The highest BCUT2D eigenvalue weighted by Crippen LogP contribution is 2.11. The fourth-order valence-corrected chi connectivity index (χ4v) is 2.49. The van der Waals surface area contributed by atoms with E-state index in [0.717, 1.165) is 4.96 Å². The molecule has 3 aromatic heterocycles. The molecule has 3 heterocycles. The van der Waals surface area contributed by atoms with Crippen molar-refractivity contribution in [3.05, 3.63) is 29.3 Å². The number of hydrogen-bond acceptors (Lipinski definition) is 8. The van der Waals surface area contributed by atoms with Crippen LogP contribution in [0.2, 0.25) is 0 Å². The van der Waals surface area contributed by atoms with Crippen molar-refractivity contribution >= 4 is 34.1 Å². The van der Waals surface area contributed by atoms with Gasteiger partial charge in [0.25, 0.3) is 5.91 Å². The highest BCUT2D eigenvalue weighted by molar-refractivity contribution is 7.15. The second-order valence-corrected chi connectivity index (χ2v) is 5.58. The van der Waals surface area contributed by atoms with Crippen LogP contribution in [0.1, 0.15) is 16.3 Å². The van der Waals surface area contributed by atoms with Crippen LogP contribution in [0.3, 0.4) is 0 Å². The Morgan fingerprint density at radius 1 is 1.36 bits per heavy atom. The number of carbonyl (C=O) groups is 1. The van der Waals surface area contributed by atoms with Gasteiger partial charge in [0, 0.05) is 31.9 Å². The van der Waals surface area contributed by atoms with Gasteiger partial charge >= 0.3 is 0 Å². The maximum absolute atomic E-state index is 12.1. The van der Waals surface area contributed by atoms with Crippen LogP contribution in [0.25, 0.3) is 4.96 Å². The second kappa shape index (κ2) is 5.56. The van der Waals surface area contributed by atoms with Crippen LogP contribution >= 0.6 is 11.3 Å². The topological polar surface area (TPSA) is 114 Å². The van der Waals surface area contributed by atoms with Gasteiger partial charge in [-0.3, -0.25) is 9.20 Å². The van der Waals surface area contributed by atoms with Gasteiger partial charge in [-0.05, 0) is 0 Å². The van der Waals surface area contributed by atoms with Gasteiger partial charge in [-0.2, -0.15) is 15.0 Å². The van der Waals surface area contributed by atoms with E-state index >= 15 is 0 Å². The molecule has 0 aromatic carbocycles. The summed E-state index contributed by atoms with van der Waals surface area (Å²) in [5.41, 5.74) is 5.98. The maximum atomic E-state index is 12.1. The number of nitrogens with one attached hydrogen (secondary N) is 1. The Bertz CT molecular complexity index is 795. The molecule has 3 N–H and O–H groups in total. The molecular weight excluding hydrogens is 304 g/mol. The van der Waals surface area contributed by atoms with E-state index < -0.39 is 0 Å². The predicted octanol–water partition coefficient (Wildman–Crippen LogP) is 0.159. The molecule has 0 spiro atoms. The third-order valence-electron chi connectivity index (χ3n) is 2.82. The van der Waals surface area contributed by atoms with Gasteiger partial charge in [0.05, 0.1) is 6.54 Å². The molecule has 9 nitrogen and oxygen atoms in total. The summed E-state index contributed by atoms with van der Waals surface area (Å²) < 4.78 is 1.80. The molecular formula is C12H14N8OS. The number of amides is 1. The largest absolute Gasteiger partial charge is 0.368 e. The average molecular weight is 318 g/mol. The van der Waals surface area contributed by atoms with E-state index in [1.54, 1.807) is 29.6 Å². The van der Waals surface area contributed by atoms with E-state index in [-0.39, 0.29) is 18.4 Å². The SMILES string of the molecule is CN(C)c1nc(N)nc(CNC(=O)c2cn3ccsc3n2)n1. The number of hydrogen-bond donors (Lipinski definition) is 2. The van der Waals surface area contributed by atoms with E-state index in [1.165, 1.54) is 11.3 Å². The van der Waals surface area contributed by atoms with Gasteiger partial charge in [0.2, 0.25) is 11.9 Å². The van der Waals surface area contributed by atoms with E-state index in [4.69, 9.17) is 5.73 Å². The van der Waals surface area contributed by atoms with Gasteiger partial charge in [0.1, 0.15) is 5.69 Å². The van der Waals surface area contributed by atoms with Gasteiger partial charge in [-0.1, -0.05) is 0 Å². The minimum absolute atomic E-state index is 0.116. The first-order chi connectivity index (χ1) is 10.5. The number of nitrogens with two attached hydrogens (primary N) is 1. The lowest BCUT2D eigenvalue weighted by Crippen LogP contribution is -2.25. The number of nitrogens with zero attached hydrogens (tertiary/aromatic N) is 6. The lowest BCUT2D eigenvalue weighted by Gasteiger charge is -2.11. The fourth-order valence-electron chi connectivity index (χ4n) is 1.79. The summed E-state index contributed by atoms with van der Waals surface area (Å²) in [4.78, 5) is 31.0. The van der Waals surface area contributed by atoms with Crippen LogP contribution in [0.4, 0.5) is 11.9 Å². The Balaban J connectivity index is 1.71. The Kier molecular flexibility index (Phi) is 3.59. The smallest absolute Gasteiger partial charge is 0.271 e. The third kappa shape index (κ3) is 2.81. The van der Waals surface area contributed by atoms with Crippen molar-refractivity contribution in [3.8, 4) is 0 Å². The van der Waals surface area contributed by atoms with Crippen molar-refractivity contribution < 1.29 is 4.79 Å². The molecule has 0 bridgehead atoms.